The molecule has 1 atom stereocenters. The number of carbonyl (C=O) groups is 1. The zero-order chi connectivity index (χ0) is 27.3. The van der Waals surface area contributed by atoms with Crippen molar-refractivity contribution in [2.45, 2.75) is 18.9 Å². The number of morpholine rings is 1. The molecule has 2 saturated heterocycles. The van der Waals surface area contributed by atoms with Gasteiger partial charge in [0.15, 0.2) is 5.65 Å². The molecular weight excluding hydrogens is 506 g/mol. The van der Waals surface area contributed by atoms with Gasteiger partial charge < -0.3 is 20.1 Å². The average Bonchev–Trinajstić information content (AvgIpc) is 3.40. The van der Waals surface area contributed by atoms with E-state index in [1.54, 1.807) is 6.08 Å². The van der Waals surface area contributed by atoms with Crippen LogP contribution in [-0.4, -0.2) is 81.4 Å². The van der Waals surface area contributed by atoms with E-state index in [2.05, 4.69) is 14.9 Å². The standard InChI is InChI=1S/C30H33N7O3/c31-29-27-28(22-10-12-25(13-11-22)40-24-7-2-1-3-8-24)34-37(30(27)33-21-32-29)23-6-4-15-36(20-23)26(38)9-5-14-35-16-18-39-19-17-35/h1-3,5,7-13,21,23H,4,6,14-20H2,(H2,31,32,33). The van der Waals surface area contributed by atoms with Crippen LogP contribution in [0, 0.1) is 0 Å². The number of hydrogen-bond donors (Lipinski definition) is 1. The molecule has 10 heteroatoms. The quantitative estimate of drug-likeness (QED) is 0.352. The van der Waals surface area contributed by atoms with Crippen LogP contribution in [0.3, 0.4) is 0 Å². The van der Waals surface area contributed by atoms with Crippen molar-refractivity contribution < 1.29 is 14.3 Å². The monoisotopic (exact) mass is 539 g/mol. The summed E-state index contributed by atoms with van der Waals surface area (Å²) in [6, 6.07) is 17.4. The minimum atomic E-state index is -0.0171. The third-order valence-corrected chi connectivity index (χ3v) is 7.41. The molecule has 0 radical (unpaired) electrons. The second-order valence-electron chi connectivity index (χ2n) is 10.1. The number of piperidine rings is 1. The van der Waals surface area contributed by atoms with Gasteiger partial charge in [-0.2, -0.15) is 5.10 Å². The van der Waals surface area contributed by atoms with Gasteiger partial charge >= 0.3 is 0 Å². The largest absolute Gasteiger partial charge is 0.457 e. The first-order chi connectivity index (χ1) is 19.7. The number of anilines is 1. The van der Waals surface area contributed by atoms with Gasteiger partial charge in [0.25, 0.3) is 0 Å². The van der Waals surface area contributed by atoms with E-state index < -0.39 is 0 Å². The van der Waals surface area contributed by atoms with E-state index in [0.29, 0.717) is 29.1 Å². The van der Waals surface area contributed by atoms with Crippen LogP contribution >= 0.6 is 0 Å². The normalized spacial score (nSPS) is 18.4. The number of carbonyl (C=O) groups excluding carboxylic acids is 1. The maximum Gasteiger partial charge on any atom is 0.246 e. The van der Waals surface area contributed by atoms with E-state index in [1.807, 2.05) is 70.3 Å². The zero-order valence-corrected chi connectivity index (χ0v) is 22.4. The number of amides is 1. The van der Waals surface area contributed by atoms with Crippen LogP contribution in [0.25, 0.3) is 22.3 Å². The molecule has 2 fully saturated rings. The van der Waals surface area contributed by atoms with E-state index >= 15 is 0 Å². The number of rotatable bonds is 7. The van der Waals surface area contributed by atoms with Crippen LogP contribution in [0.5, 0.6) is 11.5 Å². The van der Waals surface area contributed by atoms with Crippen molar-refractivity contribution in [3.63, 3.8) is 0 Å². The molecule has 2 aliphatic rings. The Balaban J connectivity index is 1.21. The van der Waals surface area contributed by atoms with Crippen LogP contribution < -0.4 is 10.5 Å². The van der Waals surface area contributed by atoms with E-state index in [0.717, 1.165) is 69.3 Å². The van der Waals surface area contributed by atoms with Gasteiger partial charge in [-0.15, -0.1) is 0 Å². The van der Waals surface area contributed by atoms with Gasteiger partial charge in [-0.3, -0.25) is 9.69 Å². The zero-order valence-electron chi connectivity index (χ0n) is 22.4. The molecule has 4 heterocycles. The van der Waals surface area contributed by atoms with Gasteiger partial charge in [-0.1, -0.05) is 24.3 Å². The number of hydrogen-bond acceptors (Lipinski definition) is 8. The number of aromatic nitrogens is 4. The van der Waals surface area contributed by atoms with Crippen molar-refractivity contribution in [1.82, 2.24) is 29.5 Å². The SMILES string of the molecule is Nc1ncnc2c1c(-c1ccc(Oc3ccccc3)cc1)nn2C1CCCN(C(=O)C=CCN2CCOCC2)C1. The maximum atomic E-state index is 13.0. The first-order valence-corrected chi connectivity index (χ1v) is 13.7. The number of para-hydroxylation sites is 1. The van der Waals surface area contributed by atoms with Crippen LogP contribution in [0.1, 0.15) is 18.9 Å². The molecule has 1 unspecified atom stereocenters. The summed E-state index contributed by atoms with van der Waals surface area (Å²) in [7, 11) is 0. The molecule has 40 heavy (non-hydrogen) atoms. The Labute approximate surface area is 233 Å². The number of benzene rings is 2. The fraction of sp³-hybridized carbons (Fsp3) is 0.333. The maximum absolute atomic E-state index is 13.0. The Kier molecular flexibility index (Phi) is 7.69. The van der Waals surface area contributed by atoms with Gasteiger partial charge in [0.1, 0.15) is 29.3 Å². The molecule has 206 valence electrons. The van der Waals surface area contributed by atoms with Crippen LogP contribution in [-0.2, 0) is 9.53 Å². The number of nitrogen functional groups attached to an aromatic ring is 1. The fourth-order valence-corrected chi connectivity index (χ4v) is 5.30. The van der Waals surface area contributed by atoms with Crippen LogP contribution in [0.2, 0.25) is 0 Å². The van der Waals surface area contributed by atoms with Gasteiger partial charge in [0.2, 0.25) is 5.91 Å². The lowest BCUT2D eigenvalue weighted by Crippen LogP contribution is -2.40. The van der Waals surface area contributed by atoms with E-state index in [9.17, 15) is 4.79 Å². The Morgan fingerprint density at radius 2 is 1.80 bits per heavy atom. The molecule has 1 amide bonds. The summed E-state index contributed by atoms with van der Waals surface area (Å²) in [6.45, 7) is 5.32. The van der Waals surface area contributed by atoms with E-state index in [4.69, 9.17) is 20.3 Å². The number of likely N-dealkylation sites (tertiary alicyclic amines) is 1. The van der Waals surface area contributed by atoms with E-state index in [1.165, 1.54) is 6.33 Å². The lowest BCUT2D eigenvalue weighted by Gasteiger charge is -2.32. The molecule has 4 aromatic rings. The van der Waals surface area contributed by atoms with Crippen LogP contribution in [0.15, 0.2) is 73.1 Å². The lowest BCUT2D eigenvalue weighted by atomic mass is 10.1. The van der Waals surface area contributed by atoms with Crippen molar-refractivity contribution >= 4 is 22.8 Å². The highest BCUT2D eigenvalue weighted by Crippen LogP contribution is 2.34. The Hall–Kier alpha value is -4.28. The number of fused-ring (bicyclic) bond motifs is 1. The van der Waals surface area contributed by atoms with Gasteiger partial charge in [-0.05, 0) is 49.2 Å². The predicted molar refractivity (Wildman–Crippen MR) is 153 cm³/mol. The average molecular weight is 540 g/mol. The summed E-state index contributed by atoms with van der Waals surface area (Å²) in [5.41, 5.74) is 8.63. The molecule has 0 saturated carbocycles. The Morgan fingerprint density at radius 1 is 1.02 bits per heavy atom. The van der Waals surface area contributed by atoms with Crippen molar-refractivity contribution in [3.8, 4) is 22.8 Å². The van der Waals surface area contributed by atoms with Gasteiger partial charge in [0.05, 0.1) is 24.6 Å². The molecule has 0 aliphatic carbocycles. The molecule has 6 rings (SSSR count). The molecule has 2 aromatic carbocycles. The third-order valence-electron chi connectivity index (χ3n) is 7.41. The molecule has 2 aliphatic heterocycles. The number of nitrogens with two attached hydrogens (primary N) is 1. The molecule has 0 spiro atoms. The highest BCUT2D eigenvalue weighted by Gasteiger charge is 2.28. The Morgan fingerprint density at radius 3 is 2.60 bits per heavy atom. The van der Waals surface area contributed by atoms with E-state index in [-0.39, 0.29) is 11.9 Å². The molecule has 10 nitrogen and oxygen atoms in total. The smallest absolute Gasteiger partial charge is 0.246 e. The first-order valence-electron chi connectivity index (χ1n) is 13.7. The summed E-state index contributed by atoms with van der Waals surface area (Å²) >= 11 is 0. The fourth-order valence-electron chi connectivity index (χ4n) is 5.30. The van der Waals surface area contributed by atoms with Crippen molar-refractivity contribution in [3.05, 3.63) is 73.1 Å². The number of ether oxygens (including phenoxy) is 2. The van der Waals surface area contributed by atoms with Gasteiger partial charge in [-0.25, -0.2) is 14.6 Å². The first kappa shape index (κ1) is 26.0. The summed E-state index contributed by atoms with van der Waals surface area (Å²) < 4.78 is 13.3. The minimum Gasteiger partial charge on any atom is -0.457 e. The highest BCUT2D eigenvalue weighted by atomic mass is 16.5. The van der Waals surface area contributed by atoms with Crippen molar-refractivity contribution in [2.24, 2.45) is 0 Å². The summed E-state index contributed by atoms with van der Waals surface area (Å²) in [6.07, 6.45) is 6.90. The molecular formula is C30H33N7O3. The Bertz CT molecular complexity index is 1480. The second-order valence-corrected chi connectivity index (χ2v) is 10.1. The lowest BCUT2D eigenvalue weighted by molar-refractivity contribution is -0.127. The number of nitrogens with zero attached hydrogens (tertiary/aromatic N) is 6. The van der Waals surface area contributed by atoms with Crippen LogP contribution in [0.4, 0.5) is 5.82 Å². The van der Waals surface area contributed by atoms with Crippen molar-refractivity contribution in [1.29, 1.82) is 0 Å². The minimum absolute atomic E-state index is 0.0171. The second kappa shape index (κ2) is 11.8. The van der Waals surface area contributed by atoms with Crippen molar-refractivity contribution in [2.75, 3.05) is 51.7 Å². The predicted octanol–water partition coefficient (Wildman–Crippen LogP) is 3.92. The summed E-state index contributed by atoms with van der Waals surface area (Å²) in [4.78, 5) is 26.0. The topological polar surface area (TPSA) is 112 Å². The third kappa shape index (κ3) is 5.68. The molecule has 0 bridgehead atoms. The highest BCUT2D eigenvalue weighted by molar-refractivity contribution is 5.98. The van der Waals surface area contributed by atoms with Gasteiger partial charge in [0, 0.05) is 44.4 Å². The summed E-state index contributed by atoms with van der Waals surface area (Å²) in [5, 5.41) is 5.71. The summed E-state index contributed by atoms with van der Waals surface area (Å²) in [5.74, 6) is 1.91. The molecule has 2 N–H and O–H groups in total. The molecule has 2 aromatic heterocycles.